The minimum absolute atomic E-state index is 0. The van der Waals surface area contributed by atoms with Crippen LogP contribution in [-0.4, -0.2) is 19.1 Å². The first-order chi connectivity index (χ1) is 16.5. The molecule has 1 atom stereocenters. The van der Waals surface area contributed by atoms with Crippen molar-refractivity contribution in [3.05, 3.63) is 18.2 Å². The summed E-state index contributed by atoms with van der Waals surface area (Å²) in [5.41, 5.74) is 1.58. The van der Waals surface area contributed by atoms with E-state index in [4.69, 9.17) is 0 Å². The number of hydrogen-bond donors (Lipinski definition) is 2. The number of fused-ring (bicyclic) bond motifs is 1. The molecule has 0 fully saturated rings. The first-order valence-electron chi connectivity index (χ1n) is 14.1. The van der Waals surface area contributed by atoms with Crippen molar-refractivity contribution >= 4 is 21.5 Å². The summed E-state index contributed by atoms with van der Waals surface area (Å²) in [6.07, 6.45) is 27.3. The average molecular weight is 533 g/mol. The molecule has 0 aliphatic carbocycles. The molecule has 1 aromatic rings. The van der Waals surface area contributed by atoms with Crippen molar-refractivity contribution in [2.24, 2.45) is 0 Å². The van der Waals surface area contributed by atoms with E-state index in [1.807, 2.05) is 0 Å². The smallest absolute Gasteiger partial charge is 0.744 e. The SMILES string of the molecule is CCCCCCCCCCCCCCCCCCCCCC1Nc2ccc(S(=O)(=O)[O-])cc2N1.[K+]. The van der Waals surface area contributed by atoms with Crippen LogP contribution in [0.3, 0.4) is 0 Å². The first kappa shape index (κ1) is 33.4. The Morgan fingerprint density at radius 1 is 0.657 bits per heavy atom. The summed E-state index contributed by atoms with van der Waals surface area (Å²) in [4.78, 5) is -0.176. The topological polar surface area (TPSA) is 81.3 Å². The quantitative estimate of drug-likeness (QED) is 0.123. The van der Waals surface area contributed by atoms with Gasteiger partial charge in [0, 0.05) is 0 Å². The monoisotopic (exact) mass is 532 g/mol. The zero-order valence-corrected chi connectivity index (χ0v) is 26.5. The van der Waals surface area contributed by atoms with E-state index in [0.717, 1.165) is 18.5 Å². The third kappa shape index (κ3) is 15.4. The van der Waals surface area contributed by atoms with E-state index in [9.17, 15) is 13.0 Å². The van der Waals surface area contributed by atoms with Crippen LogP contribution in [0.4, 0.5) is 11.4 Å². The Bertz CT molecular complexity index is 773. The van der Waals surface area contributed by atoms with Gasteiger partial charge in [-0.2, -0.15) is 0 Å². The van der Waals surface area contributed by atoms with E-state index in [0.29, 0.717) is 5.69 Å². The van der Waals surface area contributed by atoms with Crippen LogP contribution in [0.5, 0.6) is 0 Å². The molecule has 196 valence electrons. The molecule has 5 nitrogen and oxygen atoms in total. The third-order valence-corrected chi connectivity index (χ3v) is 7.87. The van der Waals surface area contributed by atoms with Crippen LogP contribution < -0.4 is 62.0 Å². The molecule has 0 radical (unpaired) electrons. The van der Waals surface area contributed by atoms with Crippen LogP contribution in [0.2, 0.25) is 0 Å². The molecule has 0 spiro atoms. The van der Waals surface area contributed by atoms with Gasteiger partial charge in [-0.05, 0) is 31.0 Å². The largest absolute Gasteiger partial charge is 1.00 e. The molecule has 0 bridgehead atoms. The Morgan fingerprint density at radius 2 is 1.06 bits per heavy atom. The molecule has 1 heterocycles. The maximum absolute atomic E-state index is 11.2. The van der Waals surface area contributed by atoms with Gasteiger partial charge >= 0.3 is 51.4 Å². The van der Waals surface area contributed by atoms with Crippen LogP contribution in [0.25, 0.3) is 0 Å². The maximum Gasteiger partial charge on any atom is 1.00 e. The van der Waals surface area contributed by atoms with E-state index in [2.05, 4.69) is 17.6 Å². The minimum atomic E-state index is -4.41. The Balaban J connectivity index is 0.00000612. The average Bonchev–Trinajstić information content (AvgIpc) is 3.22. The molecule has 0 amide bonds. The molecule has 0 saturated carbocycles. The molecule has 0 aromatic heterocycles. The Morgan fingerprint density at radius 3 is 1.49 bits per heavy atom. The summed E-state index contributed by atoms with van der Waals surface area (Å²) >= 11 is 0. The van der Waals surface area contributed by atoms with Crippen molar-refractivity contribution < 1.29 is 64.4 Å². The second-order valence-electron chi connectivity index (χ2n) is 10.2. The van der Waals surface area contributed by atoms with E-state index >= 15 is 0 Å². The standard InChI is InChI=1S/C28H50N2O3S.K/c1-2-3-4-5-6-7-8-9-10-11-12-13-14-15-16-17-18-19-20-21-28-29-26-23-22-25(34(31,32)33)24-27(26)30-28;/h22-24,28-30H,2-21H2,1H3,(H,31,32,33);/q;+1/p-1. The number of anilines is 2. The Labute approximate surface area is 258 Å². The summed E-state index contributed by atoms with van der Waals surface area (Å²) in [7, 11) is -4.41. The van der Waals surface area contributed by atoms with E-state index in [1.54, 1.807) is 6.07 Å². The van der Waals surface area contributed by atoms with Crippen molar-refractivity contribution in [2.45, 2.75) is 146 Å². The Hall–Kier alpha value is 0.366. The van der Waals surface area contributed by atoms with Crippen molar-refractivity contribution in [2.75, 3.05) is 10.6 Å². The van der Waals surface area contributed by atoms with Gasteiger partial charge in [-0.15, -0.1) is 0 Å². The molecule has 1 unspecified atom stereocenters. The van der Waals surface area contributed by atoms with Crippen LogP contribution in [-0.2, 0) is 10.1 Å². The van der Waals surface area contributed by atoms with E-state index in [-0.39, 0.29) is 62.4 Å². The number of rotatable bonds is 21. The van der Waals surface area contributed by atoms with Gasteiger partial charge < -0.3 is 15.2 Å². The fourth-order valence-electron chi connectivity index (χ4n) is 4.91. The first-order valence-corrected chi connectivity index (χ1v) is 15.5. The van der Waals surface area contributed by atoms with E-state index in [1.165, 1.54) is 128 Å². The fourth-order valence-corrected chi connectivity index (χ4v) is 5.40. The fraction of sp³-hybridized carbons (Fsp3) is 0.786. The second kappa shape index (κ2) is 20.3. The molecular weight excluding hydrogens is 483 g/mol. The van der Waals surface area contributed by atoms with Crippen molar-refractivity contribution in [3.63, 3.8) is 0 Å². The van der Waals surface area contributed by atoms with Gasteiger partial charge in [0.25, 0.3) is 0 Å². The van der Waals surface area contributed by atoms with Gasteiger partial charge in [0.05, 0.1) is 22.4 Å². The number of hydrogen-bond acceptors (Lipinski definition) is 5. The van der Waals surface area contributed by atoms with Crippen molar-refractivity contribution in [1.82, 2.24) is 0 Å². The number of nitrogens with one attached hydrogen (secondary N) is 2. The zero-order chi connectivity index (χ0) is 24.5. The summed E-state index contributed by atoms with van der Waals surface area (Å²) in [6, 6.07) is 4.47. The molecule has 35 heavy (non-hydrogen) atoms. The van der Waals surface area contributed by atoms with Gasteiger partial charge in [-0.25, -0.2) is 8.42 Å². The van der Waals surface area contributed by atoms with Crippen molar-refractivity contribution in [3.8, 4) is 0 Å². The third-order valence-electron chi connectivity index (χ3n) is 7.04. The normalized spacial score (nSPS) is 14.7. The second-order valence-corrected chi connectivity index (χ2v) is 11.5. The van der Waals surface area contributed by atoms with Crippen LogP contribution >= 0.6 is 0 Å². The van der Waals surface area contributed by atoms with Gasteiger partial charge in [0.1, 0.15) is 10.1 Å². The molecule has 2 rings (SSSR count). The molecule has 1 aliphatic heterocycles. The molecule has 1 aliphatic rings. The predicted molar refractivity (Wildman–Crippen MR) is 143 cm³/mol. The summed E-state index contributed by atoms with van der Waals surface area (Å²) in [6.45, 7) is 2.28. The summed E-state index contributed by atoms with van der Waals surface area (Å²) in [5, 5.41) is 6.66. The molecule has 2 N–H and O–H groups in total. The molecular formula is C28H49KN2O3S. The van der Waals surface area contributed by atoms with Gasteiger partial charge in [0.2, 0.25) is 0 Å². The van der Waals surface area contributed by atoms with Gasteiger partial charge in [-0.3, -0.25) is 0 Å². The minimum Gasteiger partial charge on any atom is -0.744 e. The number of benzene rings is 1. The van der Waals surface area contributed by atoms with Crippen LogP contribution in [0.15, 0.2) is 23.1 Å². The summed E-state index contributed by atoms with van der Waals surface area (Å²) < 4.78 is 33.5. The number of unbranched alkanes of at least 4 members (excludes halogenated alkanes) is 18. The zero-order valence-electron chi connectivity index (χ0n) is 22.6. The van der Waals surface area contributed by atoms with Crippen LogP contribution in [0, 0.1) is 0 Å². The summed E-state index contributed by atoms with van der Waals surface area (Å²) in [5.74, 6) is 0. The van der Waals surface area contributed by atoms with Gasteiger partial charge in [0.15, 0.2) is 0 Å². The molecule has 0 saturated heterocycles. The molecule has 7 heteroatoms. The van der Waals surface area contributed by atoms with Crippen molar-refractivity contribution in [1.29, 1.82) is 0 Å². The van der Waals surface area contributed by atoms with Crippen LogP contribution in [0.1, 0.15) is 135 Å². The molecule has 1 aromatic carbocycles. The predicted octanol–water partition coefficient (Wildman–Crippen LogP) is 5.58. The van der Waals surface area contributed by atoms with E-state index < -0.39 is 10.1 Å². The van der Waals surface area contributed by atoms with Gasteiger partial charge in [-0.1, -0.05) is 122 Å². The Kier molecular flexibility index (Phi) is 19.4. The maximum atomic E-state index is 11.2.